The predicted octanol–water partition coefficient (Wildman–Crippen LogP) is 4.71. The SMILES string of the molecule is O=c1[nH]c(-c2ccccc2)nc2c1CN(Cc1ccc(-c3ccc(Cl)cc3)nc1)CC2. The highest BCUT2D eigenvalue weighted by Crippen LogP contribution is 2.22. The third-order valence-electron chi connectivity index (χ3n) is 5.57. The van der Waals surface area contributed by atoms with Crippen molar-refractivity contribution in [2.45, 2.75) is 19.5 Å². The van der Waals surface area contributed by atoms with Gasteiger partial charge in [-0.15, -0.1) is 0 Å². The molecule has 0 saturated heterocycles. The highest BCUT2D eigenvalue weighted by Gasteiger charge is 2.21. The average Bonchev–Trinajstić information content (AvgIpc) is 2.81. The van der Waals surface area contributed by atoms with Crippen molar-refractivity contribution in [3.8, 4) is 22.6 Å². The zero-order valence-corrected chi connectivity index (χ0v) is 17.6. The van der Waals surface area contributed by atoms with Gasteiger partial charge in [0, 0.05) is 48.4 Å². The summed E-state index contributed by atoms with van der Waals surface area (Å²) in [6.07, 6.45) is 2.66. The molecule has 154 valence electrons. The zero-order valence-electron chi connectivity index (χ0n) is 16.9. The molecule has 0 radical (unpaired) electrons. The van der Waals surface area contributed by atoms with Crippen LogP contribution in [0.15, 0.2) is 77.7 Å². The van der Waals surface area contributed by atoms with Crippen LogP contribution in [0.25, 0.3) is 22.6 Å². The van der Waals surface area contributed by atoms with Gasteiger partial charge in [0.1, 0.15) is 5.82 Å². The lowest BCUT2D eigenvalue weighted by Crippen LogP contribution is -2.35. The Hall–Kier alpha value is -3.28. The summed E-state index contributed by atoms with van der Waals surface area (Å²) in [4.78, 5) is 27.3. The Kier molecular flexibility index (Phi) is 5.37. The van der Waals surface area contributed by atoms with Gasteiger partial charge in [0.05, 0.1) is 17.0 Å². The summed E-state index contributed by atoms with van der Waals surface area (Å²) < 4.78 is 0. The summed E-state index contributed by atoms with van der Waals surface area (Å²) in [5.41, 5.74) is 5.60. The van der Waals surface area contributed by atoms with Gasteiger partial charge in [0.25, 0.3) is 5.56 Å². The lowest BCUT2D eigenvalue weighted by atomic mass is 10.1. The highest BCUT2D eigenvalue weighted by atomic mass is 35.5. The van der Waals surface area contributed by atoms with E-state index < -0.39 is 0 Å². The first-order valence-electron chi connectivity index (χ1n) is 10.3. The first kappa shape index (κ1) is 19.7. The van der Waals surface area contributed by atoms with Gasteiger partial charge in [0.15, 0.2) is 0 Å². The number of nitrogens with one attached hydrogen (secondary N) is 1. The van der Waals surface area contributed by atoms with Gasteiger partial charge in [0.2, 0.25) is 0 Å². The fourth-order valence-electron chi connectivity index (χ4n) is 3.92. The fourth-order valence-corrected chi connectivity index (χ4v) is 4.04. The molecule has 0 saturated carbocycles. The minimum absolute atomic E-state index is 0.0511. The first-order chi connectivity index (χ1) is 15.2. The van der Waals surface area contributed by atoms with E-state index >= 15 is 0 Å². The molecule has 0 spiro atoms. The Bertz CT molecular complexity index is 1250. The molecule has 0 amide bonds. The quantitative estimate of drug-likeness (QED) is 0.511. The summed E-state index contributed by atoms with van der Waals surface area (Å²) in [7, 11) is 0. The number of rotatable bonds is 4. The van der Waals surface area contributed by atoms with Gasteiger partial charge in [-0.05, 0) is 23.8 Å². The monoisotopic (exact) mass is 428 g/mol. The van der Waals surface area contributed by atoms with Crippen molar-refractivity contribution in [2.75, 3.05) is 6.54 Å². The molecule has 1 N–H and O–H groups in total. The van der Waals surface area contributed by atoms with Crippen LogP contribution in [0.4, 0.5) is 0 Å². The Morgan fingerprint density at radius 1 is 0.968 bits per heavy atom. The van der Waals surface area contributed by atoms with Crippen LogP contribution in [0, 0.1) is 0 Å². The van der Waals surface area contributed by atoms with E-state index in [0.29, 0.717) is 17.4 Å². The molecule has 0 fully saturated rings. The Balaban J connectivity index is 1.31. The largest absolute Gasteiger partial charge is 0.306 e. The molecule has 5 rings (SSSR count). The normalized spacial score (nSPS) is 13.7. The molecule has 0 bridgehead atoms. The maximum Gasteiger partial charge on any atom is 0.255 e. The van der Waals surface area contributed by atoms with Crippen molar-refractivity contribution in [2.24, 2.45) is 0 Å². The number of aromatic nitrogens is 3. The van der Waals surface area contributed by atoms with E-state index in [4.69, 9.17) is 16.6 Å². The van der Waals surface area contributed by atoms with Gasteiger partial charge < -0.3 is 4.98 Å². The number of hydrogen-bond donors (Lipinski definition) is 1. The number of fused-ring (bicyclic) bond motifs is 1. The number of benzene rings is 2. The van der Waals surface area contributed by atoms with Crippen LogP contribution in [0.3, 0.4) is 0 Å². The molecule has 1 aliphatic heterocycles. The molecule has 5 nitrogen and oxygen atoms in total. The number of nitrogens with zero attached hydrogens (tertiary/aromatic N) is 3. The van der Waals surface area contributed by atoms with E-state index in [1.54, 1.807) is 0 Å². The van der Waals surface area contributed by atoms with Crippen LogP contribution < -0.4 is 5.56 Å². The van der Waals surface area contributed by atoms with Crippen LogP contribution in [0.5, 0.6) is 0 Å². The third-order valence-corrected chi connectivity index (χ3v) is 5.82. The molecular formula is C25H21ClN4O. The standard InChI is InChI=1S/C25H21ClN4O/c26-20-9-7-18(8-10-20)22-11-6-17(14-27-22)15-30-13-12-23-21(16-30)25(31)29-24(28-23)19-4-2-1-3-5-19/h1-11,14H,12-13,15-16H2,(H,28,29,31). The average molecular weight is 429 g/mol. The lowest BCUT2D eigenvalue weighted by molar-refractivity contribution is 0.241. The second-order valence-corrected chi connectivity index (χ2v) is 8.16. The van der Waals surface area contributed by atoms with Gasteiger partial charge in [-0.3, -0.25) is 14.7 Å². The second kappa shape index (κ2) is 8.46. The summed E-state index contributed by atoms with van der Waals surface area (Å²) >= 11 is 5.96. The number of halogens is 1. The number of hydrogen-bond acceptors (Lipinski definition) is 4. The summed E-state index contributed by atoms with van der Waals surface area (Å²) in [6.45, 7) is 2.19. The van der Waals surface area contributed by atoms with E-state index in [1.807, 2.05) is 66.9 Å². The minimum Gasteiger partial charge on any atom is -0.306 e. The molecule has 2 aromatic carbocycles. The molecule has 4 aromatic rings. The molecule has 2 aromatic heterocycles. The first-order valence-corrected chi connectivity index (χ1v) is 10.6. The van der Waals surface area contributed by atoms with Gasteiger partial charge in [-0.2, -0.15) is 0 Å². The van der Waals surface area contributed by atoms with Crippen LogP contribution in [0.1, 0.15) is 16.8 Å². The smallest absolute Gasteiger partial charge is 0.255 e. The topological polar surface area (TPSA) is 61.9 Å². The third kappa shape index (κ3) is 4.29. The second-order valence-electron chi connectivity index (χ2n) is 7.73. The molecule has 0 aliphatic carbocycles. The molecule has 31 heavy (non-hydrogen) atoms. The molecular weight excluding hydrogens is 408 g/mol. The highest BCUT2D eigenvalue weighted by molar-refractivity contribution is 6.30. The van der Waals surface area contributed by atoms with Crippen molar-refractivity contribution < 1.29 is 0 Å². The molecule has 3 heterocycles. The Labute approximate surface area is 185 Å². The van der Waals surface area contributed by atoms with E-state index in [-0.39, 0.29) is 5.56 Å². The van der Waals surface area contributed by atoms with Crippen molar-refractivity contribution in [3.05, 3.63) is 105 Å². The van der Waals surface area contributed by atoms with Gasteiger partial charge in [-0.25, -0.2) is 4.98 Å². The van der Waals surface area contributed by atoms with Crippen molar-refractivity contribution in [3.63, 3.8) is 0 Å². The Morgan fingerprint density at radius 3 is 2.52 bits per heavy atom. The van der Waals surface area contributed by atoms with Crippen LogP contribution in [-0.4, -0.2) is 26.4 Å². The molecule has 0 unspecified atom stereocenters. The van der Waals surface area contributed by atoms with Crippen molar-refractivity contribution in [1.82, 2.24) is 19.9 Å². The van der Waals surface area contributed by atoms with E-state index in [1.165, 1.54) is 0 Å². The van der Waals surface area contributed by atoms with E-state index in [9.17, 15) is 4.79 Å². The van der Waals surface area contributed by atoms with E-state index in [0.717, 1.165) is 53.2 Å². The molecule has 0 atom stereocenters. The van der Waals surface area contributed by atoms with Gasteiger partial charge in [-0.1, -0.05) is 60.1 Å². The van der Waals surface area contributed by atoms with E-state index in [2.05, 4.69) is 20.9 Å². The maximum atomic E-state index is 12.7. The summed E-state index contributed by atoms with van der Waals surface area (Å²) in [6, 6.07) is 21.5. The maximum absolute atomic E-state index is 12.7. The van der Waals surface area contributed by atoms with Crippen LogP contribution in [0.2, 0.25) is 5.02 Å². The van der Waals surface area contributed by atoms with Crippen molar-refractivity contribution in [1.29, 1.82) is 0 Å². The van der Waals surface area contributed by atoms with Crippen molar-refractivity contribution >= 4 is 11.6 Å². The predicted molar refractivity (Wildman–Crippen MR) is 123 cm³/mol. The molecule has 1 aliphatic rings. The summed E-state index contributed by atoms with van der Waals surface area (Å²) in [5.74, 6) is 0.639. The summed E-state index contributed by atoms with van der Waals surface area (Å²) in [5, 5.41) is 0.714. The lowest BCUT2D eigenvalue weighted by Gasteiger charge is -2.27. The Morgan fingerprint density at radius 2 is 1.77 bits per heavy atom. The number of aromatic amines is 1. The molecule has 6 heteroatoms. The minimum atomic E-state index is -0.0511. The fraction of sp³-hybridized carbons (Fsp3) is 0.160. The van der Waals surface area contributed by atoms with Crippen LogP contribution in [-0.2, 0) is 19.5 Å². The number of pyridine rings is 1. The number of H-pyrrole nitrogens is 1. The van der Waals surface area contributed by atoms with Gasteiger partial charge >= 0.3 is 0 Å². The van der Waals surface area contributed by atoms with Crippen LogP contribution >= 0.6 is 11.6 Å². The zero-order chi connectivity index (χ0) is 21.2.